The van der Waals surface area contributed by atoms with Crippen molar-refractivity contribution in [3.63, 3.8) is 0 Å². The van der Waals surface area contributed by atoms with E-state index in [2.05, 4.69) is 24.3 Å². The molecule has 0 amide bonds. The van der Waals surface area contributed by atoms with Crippen LogP contribution in [0.3, 0.4) is 0 Å². The van der Waals surface area contributed by atoms with Crippen LogP contribution in [0.5, 0.6) is 0 Å². The number of carbonyl (C=O) groups excluding carboxylic acids is 2. The van der Waals surface area contributed by atoms with Gasteiger partial charge in [0.15, 0.2) is 0 Å². The van der Waals surface area contributed by atoms with Gasteiger partial charge in [0.05, 0.1) is 11.8 Å². The molecule has 2 bridgehead atoms. The number of hydrogen-bond donors (Lipinski definition) is 0. The van der Waals surface area contributed by atoms with Gasteiger partial charge < -0.3 is 4.74 Å². The lowest BCUT2D eigenvalue weighted by atomic mass is 9.32. The number of carbonyl (C=O) groups is 2. The van der Waals surface area contributed by atoms with Crippen LogP contribution in [0.4, 0.5) is 0 Å². The van der Waals surface area contributed by atoms with Crippen molar-refractivity contribution in [3.8, 4) is 0 Å². The molecular weight excluding hydrogens is 240 g/mol. The number of allylic oxidation sites excluding steroid dienone is 4. The van der Waals surface area contributed by atoms with Crippen LogP contribution in [0.15, 0.2) is 24.3 Å². The van der Waals surface area contributed by atoms with E-state index in [0.717, 1.165) is 0 Å². The van der Waals surface area contributed by atoms with Gasteiger partial charge in [0, 0.05) is 22.7 Å². The van der Waals surface area contributed by atoms with Crippen molar-refractivity contribution in [2.75, 3.05) is 0 Å². The van der Waals surface area contributed by atoms with Gasteiger partial charge in [-0.1, -0.05) is 37.1 Å². The Kier molecular flexibility index (Phi) is 1.57. The lowest BCUT2D eigenvalue weighted by Crippen LogP contribution is -2.66. The Morgan fingerprint density at radius 1 is 0.895 bits per heavy atom. The Morgan fingerprint density at radius 2 is 1.37 bits per heavy atom. The normalized spacial score (nSPS) is 56.2. The van der Waals surface area contributed by atoms with Gasteiger partial charge in [-0.3, -0.25) is 9.59 Å². The Balaban J connectivity index is 1.75. The van der Waals surface area contributed by atoms with Gasteiger partial charge in [0.25, 0.3) is 0 Å². The summed E-state index contributed by atoms with van der Waals surface area (Å²) >= 11 is 0. The van der Waals surface area contributed by atoms with E-state index in [0.29, 0.717) is 0 Å². The van der Waals surface area contributed by atoms with Crippen molar-refractivity contribution in [1.29, 1.82) is 0 Å². The number of esters is 2. The molecule has 3 nitrogen and oxygen atoms in total. The minimum absolute atomic E-state index is 0.148. The van der Waals surface area contributed by atoms with E-state index in [1.54, 1.807) is 0 Å². The first-order valence-electron chi connectivity index (χ1n) is 7.34. The lowest BCUT2D eigenvalue weighted by Gasteiger charge is -2.69. The van der Waals surface area contributed by atoms with E-state index in [1.807, 2.05) is 0 Å². The second-order valence-corrected chi connectivity index (χ2v) is 6.85. The minimum Gasteiger partial charge on any atom is -0.393 e. The van der Waals surface area contributed by atoms with Crippen LogP contribution >= 0.6 is 0 Å². The third-order valence-corrected chi connectivity index (χ3v) is 6.60. The Labute approximate surface area is 111 Å². The highest BCUT2D eigenvalue weighted by Crippen LogP contribution is 2.75. The molecule has 3 fully saturated rings. The van der Waals surface area contributed by atoms with Gasteiger partial charge in [-0.05, 0) is 12.8 Å². The zero-order valence-corrected chi connectivity index (χ0v) is 10.7. The zero-order chi connectivity index (χ0) is 12.8. The first kappa shape index (κ1) is 10.4. The highest BCUT2D eigenvalue weighted by molar-refractivity contribution is 5.98. The summed E-state index contributed by atoms with van der Waals surface area (Å²) in [5.74, 6) is -0.595. The maximum Gasteiger partial charge on any atom is 0.318 e. The van der Waals surface area contributed by atoms with E-state index in [1.165, 1.54) is 25.7 Å². The summed E-state index contributed by atoms with van der Waals surface area (Å²) in [6.07, 6.45) is 13.9. The Morgan fingerprint density at radius 3 is 1.79 bits per heavy atom. The molecule has 19 heavy (non-hydrogen) atoms. The Bertz CT molecular complexity index is 527. The molecule has 6 atom stereocenters. The quantitative estimate of drug-likeness (QED) is 0.379. The highest BCUT2D eigenvalue weighted by Gasteiger charge is 2.74. The topological polar surface area (TPSA) is 43.4 Å². The summed E-state index contributed by atoms with van der Waals surface area (Å²) in [5.41, 5.74) is 0.297. The van der Waals surface area contributed by atoms with E-state index in [-0.39, 0.29) is 46.4 Å². The molecule has 5 aliphatic carbocycles. The van der Waals surface area contributed by atoms with E-state index >= 15 is 0 Å². The molecule has 1 aliphatic heterocycles. The lowest BCUT2D eigenvalue weighted by molar-refractivity contribution is -0.154. The second kappa shape index (κ2) is 2.87. The third kappa shape index (κ3) is 0.851. The molecule has 6 rings (SSSR count). The molecule has 6 aliphatic rings. The zero-order valence-electron chi connectivity index (χ0n) is 10.7. The number of hydrogen-bond acceptors (Lipinski definition) is 3. The van der Waals surface area contributed by atoms with E-state index in [4.69, 9.17) is 4.74 Å². The van der Waals surface area contributed by atoms with Crippen LogP contribution in [0.1, 0.15) is 25.7 Å². The van der Waals surface area contributed by atoms with Gasteiger partial charge >= 0.3 is 11.9 Å². The van der Waals surface area contributed by atoms with Crippen LogP contribution in [0.25, 0.3) is 0 Å². The number of rotatable bonds is 0. The van der Waals surface area contributed by atoms with Crippen molar-refractivity contribution in [2.45, 2.75) is 25.7 Å². The second-order valence-electron chi connectivity index (χ2n) is 6.85. The van der Waals surface area contributed by atoms with E-state index in [9.17, 15) is 9.59 Å². The van der Waals surface area contributed by atoms with Crippen LogP contribution in [-0.2, 0) is 14.3 Å². The first-order chi connectivity index (χ1) is 9.20. The highest BCUT2D eigenvalue weighted by atomic mass is 16.6. The summed E-state index contributed by atoms with van der Waals surface area (Å²) in [6.45, 7) is 0. The molecule has 98 valence electrons. The molecule has 0 spiro atoms. The molecule has 0 aromatic heterocycles. The molecule has 0 aromatic rings. The fourth-order valence-electron chi connectivity index (χ4n) is 5.89. The fraction of sp³-hybridized carbons (Fsp3) is 0.625. The van der Waals surface area contributed by atoms with Crippen molar-refractivity contribution in [1.82, 2.24) is 0 Å². The van der Waals surface area contributed by atoms with Gasteiger partial charge in [-0.2, -0.15) is 0 Å². The third-order valence-electron chi connectivity index (χ3n) is 6.60. The smallest absolute Gasteiger partial charge is 0.318 e. The first-order valence-corrected chi connectivity index (χ1v) is 7.34. The van der Waals surface area contributed by atoms with E-state index < -0.39 is 0 Å². The largest absolute Gasteiger partial charge is 0.393 e. The molecule has 0 radical (unpaired) electrons. The number of ether oxygens (including phenoxy) is 1. The summed E-state index contributed by atoms with van der Waals surface area (Å²) < 4.78 is 4.97. The SMILES string of the molecule is O=C1OC(=O)[C@H]2[C@H]1[C@H]1C=C[C@H]2[C@]23C=C[C@]12CCCC3. The van der Waals surface area contributed by atoms with Crippen LogP contribution in [0.2, 0.25) is 0 Å². The monoisotopic (exact) mass is 256 g/mol. The standard InChI is InChI=1S/C16H16O3/c17-13-11-9-3-4-10(12(11)14(18)19-13)16-6-2-1-5-15(9,16)7-8-16/h3-4,7-12H,1-2,5-6H2/t9-,10-,11-,12-,15-,16+/m1/s1. The van der Waals surface area contributed by atoms with Gasteiger partial charge in [-0.15, -0.1) is 0 Å². The minimum atomic E-state index is -0.275. The summed E-state index contributed by atoms with van der Waals surface area (Å²) in [6, 6.07) is 0. The molecule has 0 aromatic carbocycles. The molecule has 0 unspecified atom stereocenters. The summed E-state index contributed by atoms with van der Waals surface area (Å²) in [4.78, 5) is 24.1. The maximum atomic E-state index is 12.1. The van der Waals surface area contributed by atoms with Crippen LogP contribution < -0.4 is 0 Å². The predicted molar refractivity (Wildman–Crippen MR) is 66.7 cm³/mol. The molecule has 1 heterocycles. The number of cyclic esters (lactones) is 2. The van der Waals surface area contributed by atoms with Crippen molar-refractivity contribution < 1.29 is 14.3 Å². The van der Waals surface area contributed by atoms with Gasteiger partial charge in [0.2, 0.25) is 0 Å². The predicted octanol–water partition coefficient (Wildman–Crippen LogP) is 2.23. The molecule has 0 N–H and O–H groups in total. The van der Waals surface area contributed by atoms with Gasteiger partial charge in [0.1, 0.15) is 0 Å². The van der Waals surface area contributed by atoms with Crippen LogP contribution in [0, 0.1) is 34.5 Å². The molecule has 3 heteroatoms. The van der Waals surface area contributed by atoms with Crippen molar-refractivity contribution in [3.05, 3.63) is 24.3 Å². The molecular formula is C16H16O3. The van der Waals surface area contributed by atoms with Gasteiger partial charge in [-0.25, -0.2) is 0 Å². The summed E-state index contributed by atoms with van der Waals surface area (Å²) in [5, 5.41) is 0. The summed E-state index contributed by atoms with van der Waals surface area (Å²) in [7, 11) is 0. The Hall–Kier alpha value is -1.38. The molecule has 1 saturated heterocycles. The average Bonchev–Trinajstić information content (AvgIpc) is 2.69. The van der Waals surface area contributed by atoms with Crippen molar-refractivity contribution >= 4 is 11.9 Å². The molecule has 2 saturated carbocycles. The fourth-order valence-corrected chi connectivity index (χ4v) is 5.89. The van der Waals surface area contributed by atoms with Crippen LogP contribution in [-0.4, -0.2) is 11.9 Å². The van der Waals surface area contributed by atoms with Crippen molar-refractivity contribution in [2.24, 2.45) is 34.5 Å². The average molecular weight is 256 g/mol. The maximum absolute atomic E-state index is 12.1.